The molecule has 1 unspecified atom stereocenters. The van der Waals surface area contributed by atoms with Gasteiger partial charge < -0.3 is 5.73 Å². The summed E-state index contributed by atoms with van der Waals surface area (Å²) in [7, 11) is 0. The van der Waals surface area contributed by atoms with Crippen LogP contribution in [0.25, 0.3) is 0 Å². The molecule has 1 fully saturated rings. The van der Waals surface area contributed by atoms with E-state index in [1.54, 1.807) is 0 Å². The van der Waals surface area contributed by atoms with E-state index < -0.39 is 0 Å². The largest absolute Gasteiger partial charge is 0.327 e. The van der Waals surface area contributed by atoms with E-state index in [0.717, 1.165) is 12.8 Å². The van der Waals surface area contributed by atoms with E-state index in [2.05, 4.69) is 58.9 Å². The second-order valence-corrected chi connectivity index (χ2v) is 6.96. The summed E-state index contributed by atoms with van der Waals surface area (Å²) in [5.74, 6) is 0.635. The van der Waals surface area contributed by atoms with E-state index >= 15 is 0 Å². The van der Waals surface area contributed by atoms with Gasteiger partial charge >= 0.3 is 0 Å². The van der Waals surface area contributed by atoms with Gasteiger partial charge in [-0.25, -0.2) is 0 Å². The molecule has 0 aliphatic heterocycles. The zero-order valence-corrected chi connectivity index (χ0v) is 12.5. The fourth-order valence-electron chi connectivity index (χ4n) is 3.62. The molecule has 1 atom stereocenters. The molecule has 0 radical (unpaired) electrons. The minimum atomic E-state index is 0.280. The lowest BCUT2D eigenvalue weighted by Gasteiger charge is -2.14. The van der Waals surface area contributed by atoms with Gasteiger partial charge in [0, 0.05) is 6.04 Å². The van der Waals surface area contributed by atoms with Gasteiger partial charge in [0.2, 0.25) is 0 Å². The number of hydrogen-bond acceptors (Lipinski definition) is 1. The predicted octanol–water partition coefficient (Wildman–Crippen LogP) is 3.80. The van der Waals surface area contributed by atoms with E-state index in [1.807, 2.05) is 0 Å². The molecule has 0 aromatic heterocycles. The molecule has 100 valence electrons. The highest BCUT2D eigenvalue weighted by Gasteiger charge is 2.66. The maximum absolute atomic E-state index is 6.43. The molecule has 1 aliphatic rings. The Morgan fingerprint density at radius 2 is 1.44 bits per heavy atom. The lowest BCUT2D eigenvalue weighted by Crippen LogP contribution is -2.28. The van der Waals surface area contributed by atoms with Crippen molar-refractivity contribution >= 4 is 0 Å². The molecule has 2 rings (SSSR count). The van der Waals surface area contributed by atoms with Crippen LogP contribution in [0.5, 0.6) is 0 Å². The van der Waals surface area contributed by atoms with Gasteiger partial charge in [0.1, 0.15) is 0 Å². The van der Waals surface area contributed by atoms with Crippen molar-refractivity contribution < 1.29 is 0 Å². The van der Waals surface area contributed by atoms with Crippen LogP contribution in [0.1, 0.15) is 45.7 Å². The third kappa shape index (κ3) is 2.09. The summed E-state index contributed by atoms with van der Waals surface area (Å²) < 4.78 is 0. The first-order valence-electron chi connectivity index (χ1n) is 7.14. The summed E-state index contributed by atoms with van der Waals surface area (Å²) >= 11 is 0. The first kappa shape index (κ1) is 13.6. The van der Waals surface area contributed by atoms with E-state index in [0.29, 0.717) is 16.7 Å². The van der Waals surface area contributed by atoms with Crippen molar-refractivity contribution in [1.29, 1.82) is 0 Å². The average Bonchev–Trinajstić information content (AvgIpc) is 2.70. The quantitative estimate of drug-likeness (QED) is 0.858. The Balaban J connectivity index is 2.02. The Bertz CT molecular complexity index is 400. The first-order valence-corrected chi connectivity index (χ1v) is 7.14. The number of benzene rings is 1. The van der Waals surface area contributed by atoms with Crippen LogP contribution in [-0.2, 0) is 12.8 Å². The molecule has 1 saturated carbocycles. The Kier molecular flexibility index (Phi) is 3.31. The van der Waals surface area contributed by atoms with Crippen LogP contribution < -0.4 is 5.73 Å². The summed E-state index contributed by atoms with van der Waals surface area (Å²) in [5.41, 5.74) is 9.98. The number of nitrogens with two attached hydrogens (primary N) is 1. The standard InChI is InChI=1S/C17H27N/c1-6-12-7-9-13(10-8-12)11-14(18)15-16(2,3)17(15,4)5/h7-10,14-15H,6,11,18H2,1-5H3. The Labute approximate surface area is 112 Å². The van der Waals surface area contributed by atoms with Crippen LogP contribution in [0, 0.1) is 16.7 Å². The minimum Gasteiger partial charge on any atom is -0.327 e. The Morgan fingerprint density at radius 3 is 1.83 bits per heavy atom. The molecule has 2 N–H and O–H groups in total. The normalized spacial score (nSPS) is 22.8. The monoisotopic (exact) mass is 245 g/mol. The Hall–Kier alpha value is -0.820. The van der Waals surface area contributed by atoms with Gasteiger partial charge in [0.15, 0.2) is 0 Å². The lowest BCUT2D eigenvalue weighted by atomic mass is 9.97. The van der Waals surface area contributed by atoms with Gasteiger partial charge in [-0.2, -0.15) is 0 Å². The third-order valence-electron chi connectivity index (χ3n) is 5.46. The second-order valence-electron chi connectivity index (χ2n) is 6.96. The SMILES string of the molecule is CCc1ccc(CC(N)C2C(C)(C)C2(C)C)cc1. The van der Waals surface area contributed by atoms with Gasteiger partial charge in [-0.1, -0.05) is 58.9 Å². The summed E-state index contributed by atoms with van der Waals surface area (Å²) in [6, 6.07) is 9.21. The zero-order chi connectivity index (χ0) is 13.6. The van der Waals surface area contributed by atoms with Crippen LogP contribution in [0.15, 0.2) is 24.3 Å². The first-order chi connectivity index (χ1) is 8.30. The molecular formula is C17H27N. The molecule has 0 heterocycles. The topological polar surface area (TPSA) is 26.0 Å². The van der Waals surface area contributed by atoms with Crippen molar-refractivity contribution in [3.05, 3.63) is 35.4 Å². The van der Waals surface area contributed by atoms with Crippen LogP contribution >= 0.6 is 0 Å². The lowest BCUT2D eigenvalue weighted by molar-refractivity contribution is 0.457. The van der Waals surface area contributed by atoms with Crippen molar-refractivity contribution in [2.75, 3.05) is 0 Å². The van der Waals surface area contributed by atoms with Gasteiger partial charge in [-0.05, 0) is 40.7 Å². The van der Waals surface area contributed by atoms with E-state index in [9.17, 15) is 0 Å². The van der Waals surface area contributed by atoms with Crippen molar-refractivity contribution in [3.63, 3.8) is 0 Å². The van der Waals surface area contributed by atoms with Gasteiger partial charge in [0.05, 0.1) is 0 Å². The summed E-state index contributed by atoms with van der Waals surface area (Å²) in [6.07, 6.45) is 2.11. The second kappa shape index (κ2) is 4.38. The molecule has 0 amide bonds. The van der Waals surface area contributed by atoms with Crippen LogP contribution in [0.4, 0.5) is 0 Å². The Morgan fingerprint density at radius 1 is 1.00 bits per heavy atom. The van der Waals surface area contributed by atoms with Crippen molar-refractivity contribution in [3.8, 4) is 0 Å². The molecule has 1 heteroatoms. The van der Waals surface area contributed by atoms with Crippen LogP contribution in [0.3, 0.4) is 0 Å². The smallest absolute Gasteiger partial charge is 0.0118 e. The molecular weight excluding hydrogens is 218 g/mol. The molecule has 0 spiro atoms. The molecule has 1 aliphatic carbocycles. The minimum absolute atomic E-state index is 0.280. The maximum Gasteiger partial charge on any atom is 0.0118 e. The van der Waals surface area contributed by atoms with Gasteiger partial charge in [0.25, 0.3) is 0 Å². The van der Waals surface area contributed by atoms with E-state index in [4.69, 9.17) is 5.73 Å². The third-order valence-corrected chi connectivity index (χ3v) is 5.46. The van der Waals surface area contributed by atoms with E-state index in [1.165, 1.54) is 11.1 Å². The van der Waals surface area contributed by atoms with Crippen molar-refractivity contribution in [2.24, 2.45) is 22.5 Å². The highest BCUT2D eigenvalue weighted by Crippen LogP contribution is 2.69. The molecule has 1 nitrogen and oxygen atoms in total. The molecule has 0 saturated heterocycles. The number of aryl methyl sites for hydroxylation is 1. The summed E-state index contributed by atoms with van der Waals surface area (Å²) in [6.45, 7) is 11.6. The fourth-order valence-corrected chi connectivity index (χ4v) is 3.62. The van der Waals surface area contributed by atoms with Crippen LogP contribution in [0.2, 0.25) is 0 Å². The highest BCUT2D eigenvalue weighted by molar-refractivity contribution is 5.25. The maximum atomic E-state index is 6.43. The van der Waals surface area contributed by atoms with Gasteiger partial charge in [-0.15, -0.1) is 0 Å². The predicted molar refractivity (Wildman–Crippen MR) is 78.6 cm³/mol. The average molecular weight is 245 g/mol. The van der Waals surface area contributed by atoms with E-state index in [-0.39, 0.29) is 6.04 Å². The highest BCUT2D eigenvalue weighted by atomic mass is 14.8. The van der Waals surface area contributed by atoms with Crippen molar-refractivity contribution in [2.45, 2.75) is 53.5 Å². The molecule has 18 heavy (non-hydrogen) atoms. The number of rotatable bonds is 4. The summed E-state index contributed by atoms with van der Waals surface area (Å²) in [5, 5.41) is 0. The fraction of sp³-hybridized carbons (Fsp3) is 0.647. The summed E-state index contributed by atoms with van der Waals surface area (Å²) in [4.78, 5) is 0. The number of hydrogen-bond donors (Lipinski definition) is 1. The molecule has 0 bridgehead atoms. The zero-order valence-electron chi connectivity index (χ0n) is 12.5. The molecule has 1 aromatic rings. The molecule has 1 aromatic carbocycles. The van der Waals surface area contributed by atoms with Gasteiger partial charge in [-0.3, -0.25) is 0 Å². The van der Waals surface area contributed by atoms with Crippen molar-refractivity contribution in [1.82, 2.24) is 0 Å². The van der Waals surface area contributed by atoms with Crippen LogP contribution in [-0.4, -0.2) is 6.04 Å².